The van der Waals surface area contributed by atoms with Gasteiger partial charge >= 0.3 is 6.18 Å². The number of amides is 1. The minimum Gasteiger partial charge on any atom is -0.487 e. The van der Waals surface area contributed by atoms with Gasteiger partial charge in [-0.2, -0.15) is 13.2 Å². The van der Waals surface area contributed by atoms with Gasteiger partial charge in [-0.1, -0.05) is 23.7 Å². The number of alkyl halides is 3. The number of rotatable bonds is 5. The molecule has 3 aromatic rings. The molecule has 144 valence electrons. The zero-order valence-corrected chi connectivity index (χ0v) is 15.1. The summed E-state index contributed by atoms with van der Waals surface area (Å²) in [5.41, 5.74) is 0.460. The van der Waals surface area contributed by atoms with Gasteiger partial charge < -0.3 is 10.1 Å². The van der Waals surface area contributed by atoms with Crippen LogP contribution in [0.1, 0.15) is 21.5 Å². The van der Waals surface area contributed by atoms with E-state index in [0.29, 0.717) is 22.6 Å². The summed E-state index contributed by atoms with van der Waals surface area (Å²) in [5, 5.41) is 2.90. The van der Waals surface area contributed by atoms with Crippen LogP contribution < -0.4 is 10.1 Å². The van der Waals surface area contributed by atoms with E-state index in [-0.39, 0.29) is 17.5 Å². The number of aromatic nitrogens is 1. The SMILES string of the molecule is O=C(Nc1ccc(OCc2cccc(C(F)(F)F)c2)c(Cl)c1)c1cccnc1. The van der Waals surface area contributed by atoms with Gasteiger partial charge in [0.05, 0.1) is 16.1 Å². The number of halogens is 4. The highest BCUT2D eigenvalue weighted by Crippen LogP contribution is 2.31. The van der Waals surface area contributed by atoms with Gasteiger partial charge in [0.2, 0.25) is 0 Å². The van der Waals surface area contributed by atoms with Crippen LogP contribution in [0.3, 0.4) is 0 Å². The molecule has 0 aliphatic rings. The van der Waals surface area contributed by atoms with Crippen LogP contribution >= 0.6 is 11.6 Å². The molecular weight excluding hydrogens is 393 g/mol. The summed E-state index contributed by atoms with van der Waals surface area (Å²) in [6.45, 7) is -0.0783. The summed E-state index contributed by atoms with van der Waals surface area (Å²) in [7, 11) is 0. The Hall–Kier alpha value is -3.06. The third-order valence-electron chi connectivity index (χ3n) is 3.76. The Morgan fingerprint density at radius 3 is 2.61 bits per heavy atom. The highest BCUT2D eigenvalue weighted by Gasteiger charge is 2.30. The molecule has 1 heterocycles. The molecule has 0 aliphatic heterocycles. The van der Waals surface area contributed by atoms with Crippen molar-refractivity contribution in [1.82, 2.24) is 4.98 Å². The number of pyridine rings is 1. The van der Waals surface area contributed by atoms with E-state index < -0.39 is 11.7 Å². The second kappa shape index (κ2) is 8.31. The van der Waals surface area contributed by atoms with Gasteiger partial charge in [-0.3, -0.25) is 9.78 Å². The monoisotopic (exact) mass is 406 g/mol. The van der Waals surface area contributed by atoms with Crippen molar-refractivity contribution in [3.8, 4) is 5.75 Å². The fourth-order valence-corrected chi connectivity index (χ4v) is 2.63. The van der Waals surface area contributed by atoms with Crippen LogP contribution in [-0.4, -0.2) is 10.9 Å². The van der Waals surface area contributed by atoms with Crippen molar-refractivity contribution in [2.45, 2.75) is 12.8 Å². The molecule has 3 rings (SSSR count). The molecule has 0 spiro atoms. The van der Waals surface area contributed by atoms with Gasteiger partial charge in [0.15, 0.2) is 0 Å². The summed E-state index contributed by atoms with van der Waals surface area (Å²) in [6.07, 6.45) is -1.42. The molecule has 2 aromatic carbocycles. The summed E-state index contributed by atoms with van der Waals surface area (Å²) in [5.74, 6) is -0.0553. The van der Waals surface area contributed by atoms with Crippen molar-refractivity contribution in [1.29, 1.82) is 0 Å². The molecule has 1 amide bonds. The minimum atomic E-state index is -4.41. The van der Waals surface area contributed by atoms with Crippen LogP contribution in [0.25, 0.3) is 0 Å². The minimum absolute atomic E-state index is 0.0783. The molecule has 0 saturated carbocycles. The van der Waals surface area contributed by atoms with Crippen LogP contribution in [-0.2, 0) is 12.8 Å². The summed E-state index contributed by atoms with van der Waals surface area (Å²) < 4.78 is 43.8. The Balaban J connectivity index is 1.66. The maximum atomic E-state index is 12.8. The fraction of sp³-hybridized carbons (Fsp3) is 0.100. The molecule has 0 aliphatic carbocycles. The number of anilines is 1. The van der Waals surface area contributed by atoms with Gasteiger partial charge in [-0.15, -0.1) is 0 Å². The predicted octanol–water partition coefficient (Wildman–Crippen LogP) is 5.59. The number of nitrogens with one attached hydrogen (secondary N) is 1. The largest absolute Gasteiger partial charge is 0.487 e. The third-order valence-corrected chi connectivity index (χ3v) is 4.06. The molecule has 0 saturated heterocycles. The fourth-order valence-electron chi connectivity index (χ4n) is 2.39. The van der Waals surface area contributed by atoms with Gasteiger partial charge in [0, 0.05) is 18.1 Å². The van der Waals surface area contributed by atoms with Gasteiger partial charge in [0.25, 0.3) is 5.91 Å². The maximum Gasteiger partial charge on any atom is 0.416 e. The molecule has 8 heteroatoms. The number of carbonyl (C=O) groups is 1. The Kier molecular flexibility index (Phi) is 5.84. The smallest absolute Gasteiger partial charge is 0.416 e. The summed E-state index contributed by atoms with van der Waals surface area (Å²) in [4.78, 5) is 16.0. The summed E-state index contributed by atoms with van der Waals surface area (Å²) in [6, 6.07) is 12.8. The van der Waals surface area contributed by atoms with Crippen molar-refractivity contribution in [3.05, 3.63) is 88.7 Å². The number of carbonyl (C=O) groups excluding carboxylic acids is 1. The van der Waals surface area contributed by atoms with Crippen molar-refractivity contribution in [2.75, 3.05) is 5.32 Å². The van der Waals surface area contributed by atoms with Crippen LogP contribution in [0.15, 0.2) is 67.0 Å². The van der Waals surface area contributed by atoms with Crippen molar-refractivity contribution < 1.29 is 22.7 Å². The first-order valence-electron chi connectivity index (χ1n) is 8.13. The molecule has 0 fully saturated rings. The zero-order valence-electron chi connectivity index (χ0n) is 14.3. The van der Waals surface area contributed by atoms with Crippen molar-refractivity contribution in [2.24, 2.45) is 0 Å². The van der Waals surface area contributed by atoms with E-state index in [2.05, 4.69) is 10.3 Å². The highest BCUT2D eigenvalue weighted by molar-refractivity contribution is 6.32. The zero-order chi connectivity index (χ0) is 20.1. The second-order valence-corrected chi connectivity index (χ2v) is 6.24. The normalized spacial score (nSPS) is 11.1. The third kappa shape index (κ3) is 5.01. The molecule has 0 bridgehead atoms. The Morgan fingerprint density at radius 2 is 1.93 bits per heavy atom. The number of hydrogen-bond acceptors (Lipinski definition) is 3. The molecule has 0 radical (unpaired) electrons. The van der Waals surface area contributed by atoms with Crippen LogP contribution in [0.5, 0.6) is 5.75 Å². The number of hydrogen-bond donors (Lipinski definition) is 1. The van der Waals surface area contributed by atoms with Gasteiger partial charge in [0.1, 0.15) is 12.4 Å². The molecule has 1 aromatic heterocycles. The lowest BCUT2D eigenvalue weighted by Crippen LogP contribution is -2.12. The molecule has 1 N–H and O–H groups in total. The van der Waals surface area contributed by atoms with E-state index in [1.54, 1.807) is 24.4 Å². The van der Waals surface area contributed by atoms with Crippen molar-refractivity contribution >= 4 is 23.2 Å². The number of ether oxygens (including phenoxy) is 1. The van der Waals surface area contributed by atoms with E-state index in [4.69, 9.17) is 16.3 Å². The molecular formula is C20H14ClF3N2O2. The van der Waals surface area contributed by atoms with Crippen LogP contribution in [0.2, 0.25) is 5.02 Å². The second-order valence-electron chi connectivity index (χ2n) is 5.83. The Morgan fingerprint density at radius 1 is 1.11 bits per heavy atom. The van der Waals surface area contributed by atoms with E-state index in [1.165, 1.54) is 30.5 Å². The van der Waals surface area contributed by atoms with E-state index in [9.17, 15) is 18.0 Å². The number of benzene rings is 2. The lowest BCUT2D eigenvalue weighted by Gasteiger charge is -2.12. The van der Waals surface area contributed by atoms with Crippen LogP contribution in [0.4, 0.5) is 18.9 Å². The quantitative estimate of drug-likeness (QED) is 0.601. The molecule has 28 heavy (non-hydrogen) atoms. The topological polar surface area (TPSA) is 51.2 Å². The van der Waals surface area contributed by atoms with E-state index >= 15 is 0 Å². The molecule has 0 unspecified atom stereocenters. The first-order chi connectivity index (χ1) is 13.3. The standard InChI is InChI=1S/C20H14ClF3N2O2/c21-17-10-16(26-19(27)14-4-2-8-25-11-14)6-7-18(17)28-12-13-3-1-5-15(9-13)20(22,23)24/h1-11H,12H2,(H,26,27). The Bertz CT molecular complexity index is 979. The maximum absolute atomic E-state index is 12.8. The first-order valence-corrected chi connectivity index (χ1v) is 8.50. The summed E-state index contributed by atoms with van der Waals surface area (Å²) >= 11 is 6.16. The Labute approximate surface area is 163 Å². The first kappa shape index (κ1) is 19.7. The predicted molar refractivity (Wildman–Crippen MR) is 99.4 cm³/mol. The van der Waals surface area contributed by atoms with E-state index in [1.807, 2.05) is 0 Å². The van der Waals surface area contributed by atoms with Gasteiger partial charge in [-0.25, -0.2) is 0 Å². The lowest BCUT2D eigenvalue weighted by atomic mass is 10.1. The average molecular weight is 407 g/mol. The molecule has 0 atom stereocenters. The van der Waals surface area contributed by atoms with E-state index in [0.717, 1.165) is 12.1 Å². The lowest BCUT2D eigenvalue weighted by molar-refractivity contribution is -0.137. The molecule has 4 nitrogen and oxygen atoms in total. The highest BCUT2D eigenvalue weighted by atomic mass is 35.5. The van der Waals surface area contributed by atoms with Gasteiger partial charge in [-0.05, 0) is 48.0 Å². The van der Waals surface area contributed by atoms with Crippen LogP contribution in [0, 0.1) is 0 Å². The number of nitrogens with zero attached hydrogens (tertiary/aromatic N) is 1. The average Bonchev–Trinajstić information content (AvgIpc) is 2.67. The van der Waals surface area contributed by atoms with Crippen molar-refractivity contribution in [3.63, 3.8) is 0 Å².